The summed E-state index contributed by atoms with van der Waals surface area (Å²) in [5.74, 6) is -0.105. The average molecular weight is 284 g/mol. The number of esters is 1. The minimum Gasteiger partial charge on any atom is -0.466 e. The third kappa shape index (κ3) is 2.41. The molecule has 2 heterocycles. The standard InChI is InChI=1S/C18H22NO2/c1-4-21-17(20)11-14-12-18(2,3)16-10-9-13-7-5-6-8-15(13)19(14)16/h5-10,14H,4,11-12H2,1-3H3/q+1. The quantitative estimate of drug-likeness (QED) is 0.639. The normalized spacial score (nSPS) is 19.5. The lowest BCUT2D eigenvalue weighted by Crippen LogP contribution is -2.40. The van der Waals surface area contributed by atoms with E-state index in [4.69, 9.17) is 4.74 Å². The third-order valence-corrected chi connectivity index (χ3v) is 4.39. The van der Waals surface area contributed by atoms with Gasteiger partial charge < -0.3 is 4.74 Å². The number of ether oxygens (including phenoxy) is 1. The van der Waals surface area contributed by atoms with Crippen molar-refractivity contribution in [3.63, 3.8) is 0 Å². The lowest BCUT2D eigenvalue weighted by Gasteiger charge is -2.11. The lowest BCUT2D eigenvalue weighted by molar-refractivity contribution is -0.691. The van der Waals surface area contributed by atoms with E-state index in [9.17, 15) is 4.79 Å². The molecular weight excluding hydrogens is 262 g/mol. The van der Waals surface area contributed by atoms with Gasteiger partial charge in [0, 0.05) is 23.9 Å². The maximum atomic E-state index is 11.9. The fourth-order valence-corrected chi connectivity index (χ4v) is 3.53. The van der Waals surface area contributed by atoms with E-state index in [0.29, 0.717) is 13.0 Å². The first kappa shape index (κ1) is 14.1. The molecule has 1 aliphatic rings. The first-order valence-corrected chi connectivity index (χ1v) is 7.62. The van der Waals surface area contributed by atoms with Gasteiger partial charge in [-0.2, -0.15) is 4.57 Å². The van der Waals surface area contributed by atoms with E-state index in [1.807, 2.05) is 6.92 Å². The number of hydrogen-bond acceptors (Lipinski definition) is 2. The summed E-state index contributed by atoms with van der Waals surface area (Å²) < 4.78 is 7.49. The molecule has 1 unspecified atom stereocenters. The van der Waals surface area contributed by atoms with Gasteiger partial charge in [0.05, 0.1) is 12.0 Å². The molecule has 1 aromatic carbocycles. The van der Waals surface area contributed by atoms with Crippen LogP contribution in [0.1, 0.15) is 45.3 Å². The van der Waals surface area contributed by atoms with Crippen LogP contribution in [0.4, 0.5) is 0 Å². The zero-order valence-electron chi connectivity index (χ0n) is 12.9. The number of carbonyl (C=O) groups is 1. The number of fused-ring (bicyclic) bond motifs is 3. The van der Waals surface area contributed by atoms with Crippen molar-refractivity contribution in [1.29, 1.82) is 0 Å². The van der Waals surface area contributed by atoms with Gasteiger partial charge >= 0.3 is 5.97 Å². The van der Waals surface area contributed by atoms with Gasteiger partial charge in [0.15, 0.2) is 11.7 Å². The van der Waals surface area contributed by atoms with Gasteiger partial charge in [-0.1, -0.05) is 12.1 Å². The van der Waals surface area contributed by atoms with E-state index in [0.717, 1.165) is 6.42 Å². The highest BCUT2D eigenvalue weighted by Crippen LogP contribution is 2.38. The van der Waals surface area contributed by atoms with Gasteiger partial charge in [-0.05, 0) is 32.9 Å². The highest BCUT2D eigenvalue weighted by atomic mass is 16.5. The van der Waals surface area contributed by atoms with Gasteiger partial charge in [0.25, 0.3) is 0 Å². The zero-order valence-corrected chi connectivity index (χ0v) is 12.9. The number of nitrogens with zero attached hydrogens (tertiary/aromatic N) is 1. The summed E-state index contributed by atoms with van der Waals surface area (Å²) in [5, 5.41) is 1.22. The van der Waals surface area contributed by atoms with Gasteiger partial charge in [0.2, 0.25) is 5.52 Å². The van der Waals surface area contributed by atoms with Crippen LogP contribution in [0.3, 0.4) is 0 Å². The summed E-state index contributed by atoms with van der Waals surface area (Å²) in [6.45, 7) is 6.80. The van der Waals surface area contributed by atoms with Crippen molar-refractivity contribution in [3.8, 4) is 0 Å². The van der Waals surface area contributed by atoms with Crippen LogP contribution in [0.25, 0.3) is 10.9 Å². The Morgan fingerprint density at radius 1 is 1.29 bits per heavy atom. The van der Waals surface area contributed by atoms with Crippen molar-refractivity contribution in [1.82, 2.24) is 0 Å². The van der Waals surface area contributed by atoms with Crippen molar-refractivity contribution < 1.29 is 14.1 Å². The summed E-state index contributed by atoms with van der Waals surface area (Å²) in [5.41, 5.74) is 2.59. The predicted octanol–water partition coefficient (Wildman–Crippen LogP) is 3.30. The fraction of sp³-hybridized carbons (Fsp3) is 0.444. The molecule has 3 heteroatoms. The molecule has 1 aromatic heterocycles. The van der Waals surface area contributed by atoms with Crippen molar-refractivity contribution in [2.24, 2.45) is 0 Å². The number of hydrogen-bond donors (Lipinski definition) is 0. The van der Waals surface area contributed by atoms with Crippen LogP contribution < -0.4 is 4.57 Å². The van der Waals surface area contributed by atoms with Crippen molar-refractivity contribution in [2.75, 3.05) is 6.61 Å². The average Bonchev–Trinajstić information content (AvgIpc) is 2.70. The molecule has 2 aromatic rings. The predicted molar refractivity (Wildman–Crippen MR) is 82.1 cm³/mol. The number of para-hydroxylation sites is 1. The number of carbonyl (C=O) groups excluding carboxylic acids is 1. The monoisotopic (exact) mass is 284 g/mol. The molecule has 3 rings (SSSR count). The Morgan fingerprint density at radius 2 is 2.05 bits per heavy atom. The minimum atomic E-state index is -0.105. The van der Waals surface area contributed by atoms with Crippen LogP contribution in [0.2, 0.25) is 0 Å². The van der Waals surface area contributed by atoms with E-state index in [1.165, 1.54) is 16.6 Å². The molecule has 0 saturated carbocycles. The van der Waals surface area contributed by atoms with Gasteiger partial charge in [0.1, 0.15) is 6.42 Å². The Morgan fingerprint density at radius 3 is 2.81 bits per heavy atom. The SMILES string of the molecule is CCOC(=O)CC1CC(C)(C)c2ccc3ccccc3[n+]21. The second kappa shape index (κ2) is 5.14. The second-order valence-electron chi connectivity index (χ2n) is 6.40. The maximum Gasteiger partial charge on any atom is 0.312 e. The van der Waals surface area contributed by atoms with E-state index in [2.05, 4.69) is 54.8 Å². The molecule has 0 N–H and O–H groups in total. The van der Waals surface area contributed by atoms with Gasteiger partial charge in [-0.15, -0.1) is 0 Å². The molecule has 0 spiro atoms. The molecule has 0 fully saturated rings. The van der Waals surface area contributed by atoms with Crippen LogP contribution in [-0.4, -0.2) is 12.6 Å². The second-order valence-corrected chi connectivity index (χ2v) is 6.40. The minimum absolute atomic E-state index is 0.0845. The molecule has 110 valence electrons. The molecule has 21 heavy (non-hydrogen) atoms. The first-order valence-electron chi connectivity index (χ1n) is 7.62. The Labute approximate surface area is 125 Å². The van der Waals surface area contributed by atoms with Crippen LogP contribution in [0.15, 0.2) is 36.4 Å². The number of aromatic nitrogens is 1. The van der Waals surface area contributed by atoms with E-state index < -0.39 is 0 Å². The van der Waals surface area contributed by atoms with E-state index in [-0.39, 0.29) is 17.4 Å². The molecule has 1 atom stereocenters. The molecule has 1 aliphatic heterocycles. The van der Waals surface area contributed by atoms with Crippen molar-refractivity contribution in [3.05, 3.63) is 42.1 Å². The summed E-state index contributed by atoms with van der Waals surface area (Å²) in [4.78, 5) is 11.9. The van der Waals surface area contributed by atoms with Crippen LogP contribution in [0, 0.1) is 0 Å². The maximum absolute atomic E-state index is 11.9. The Kier molecular flexibility index (Phi) is 3.44. The van der Waals surface area contributed by atoms with Gasteiger partial charge in [-0.25, -0.2) is 0 Å². The lowest BCUT2D eigenvalue weighted by atomic mass is 9.86. The van der Waals surface area contributed by atoms with Crippen LogP contribution in [-0.2, 0) is 14.9 Å². The highest BCUT2D eigenvalue weighted by Gasteiger charge is 2.46. The van der Waals surface area contributed by atoms with E-state index >= 15 is 0 Å². The molecular formula is C18H22NO2+. The molecule has 0 aliphatic carbocycles. The molecule has 3 nitrogen and oxygen atoms in total. The fourth-order valence-electron chi connectivity index (χ4n) is 3.53. The Bertz CT molecular complexity index is 691. The number of pyridine rings is 1. The molecule has 0 radical (unpaired) electrons. The Balaban J connectivity index is 2.09. The van der Waals surface area contributed by atoms with Gasteiger partial charge in [-0.3, -0.25) is 4.79 Å². The zero-order chi connectivity index (χ0) is 15.0. The largest absolute Gasteiger partial charge is 0.466 e. The summed E-state index contributed by atoms with van der Waals surface area (Å²) in [7, 11) is 0. The molecule has 0 amide bonds. The van der Waals surface area contributed by atoms with Crippen LogP contribution in [0.5, 0.6) is 0 Å². The third-order valence-electron chi connectivity index (χ3n) is 4.39. The highest BCUT2D eigenvalue weighted by molar-refractivity contribution is 5.76. The number of benzene rings is 1. The van der Waals surface area contributed by atoms with E-state index in [1.54, 1.807) is 0 Å². The van der Waals surface area contributed by atoms with Crippen molar-refractivity contribution in [2.45, 2.75) is 45.1 Å². The van der Waals surface area contributed by atoms with Crippen molar-refractivity contribution >= 4 is 16.9 Å². The number of rotatable bonds is 3. The topological polar surface area (TPSA) is 30.2 Å². The molecule has 0 saturated heterocycles. The Hall–Kier alpha value is -1.90. The van der Waals surface area contributed by atoms with Crippen LogP contribution >= 0.6 is 0 Å². The first-order chi connectivity index (χ1) is 10.0. The summed E-state index contributed by atoms with van der Waals surface area (Å²) >= 11 is 0. The summed E-state index contributed by atoms with van der Waals surface area (Å²) in [6, 6.07) is 12.9. The smallest absolute Gasteiger partial charge is 0.312 e. The summed E-state index contributed by atoms with van der Waals surface area (Å²) in [6.07, 6.45) is 1.42. The molecule has 0 bridgehead atoms.